The third kappa shape index (κ3) is 4.50. The third-order valence-corrected chi connectivity index (χ3v) is 5.58. The first-order valence-corrected chi connectivity index (χ1v) is 10.0. The van der Waals surface area contributed by atoms with Gasteiger partial charge in [-0.05, 0) is 54.6 Å². The molecule has 0 aliphatic carbocycles. The molecule has 0 fully saturated rings. The number of halogens is 1. The minimum atomic E-state index is -0.276. The van der Waals surface area contributed by atoms with Crippen LogP contribution in [0, 0.1) is 0 Å². The Balaban J connectivity index is 1.36. The van der Waals surface area contributed by atoms with E-state index in [4.69, 9.17) is 21.1 Å². The maximum Gasteiger partial charge on any atom is 0.262 e. The van der Waals surface area contributed by atoms with Crippen molar-refractivity contribution in [2.45, 2.75) is 0 Å². The topological polar surface area (TPSA) is 60.5 Å². The lowest BCUT2D eigenvalue weighted by molar-refractivity contribution is -0.118. The number of nitrogens with one attached hydrogen (secondary N) is 1. The SMILES string of the molecule is COc1ccc(NC(=O)COc2ccc(-c3nc4ccccc4s3)cc2)cc1Cl. The van der Waals surface area contributed by atoms with E-state index in [1.54, 1.807) is 29.5 Å². The number of amides is 1. The fraction of sp³-hybridized carbons (Fsp3) is 0.0909. The Labute approximate surface area is 176 Å². The number of nitrogens with zero attached hydrogens (tertiary/aromatic N) is 1. The minimum absolute atomic E-state index is 0.107. The highest BCUT2D eigenvalue weighted by atomic mass is 35.5. The summed E-state index contributed by atoms with van der Waals surface area (Å²) in [5.41, 5.74) is 2.58. The van der Waals surface area contributed by atoms with Gasteiger partial charge in [-0.1, -0.05) is 23.7 Å². The normalized spacial score (nSPS) is 10.7. The average Bonchev–Trinajstić information content (AvgIpc) is 3.17. The van der Waals surface area contributed by atoms with Gasteiger partial charge in [-0.3, -0.25) is 4.79 Å². The van der Waals surface area contributed by atoms with Gasteiger partial charge in [0.25, 0.3) is 5.91 Å². The number of ether oxygens (including phenoxy) is 2. The van der Waals surface area contributed by atoms with Crippen molar-refractivity contribution >= 4 is 44.7 Å². The number of anilines is 1. The van der Waals surface area contributed by atoms with E-state index in [-0.39, 0.29) is 12.5 Å². The zero-order chi connectivity index (χ0) is 20.2. The zero-order valence-electron chi connectivity index (χ0n) is 15.5. The standard InChI is InChI=1S/C22H17ClN2O3S/c1-27-19-11-8-15(12-17(19)23)24-21(26)13-28-16-9-6-14(7-10-16)22-25-18-4-2-3-5-20(18)29-22/h2-12H,13H2,1H3,(H,24,26). The highest BCUT2D eigenvalue weighted by Gasteiger charge is 2.08. The number of para-hydroxylation sites is 1. The number of rotatable bonds is 6. The van der Waals surface area contributed by atoms with Gasteiger partial charge in [0, 0.05) is 11.3 Å². The van der Waals surface area contributed by atoms with E-state index in [9.17, 15) is 4.79 Å². The summed E-state index contributed by atoms with van der Waals surface area (Å²) < 4.78 is 11.8. The van der Waals surface area contributed by atoms with Crippen molar-refractivity contribution in [3.05, 3.63) is 71.8 Å². The molecule has 0 unspecified atom stereocenters. The molecule has 1 amide bonds. The lowest BCUT2D eigenvalue weighted by Gasteiger charge is -2.09. The number of thiazole rings is 1. The summed E-state index contributed by atoms with van der Waals surface area (Å²) in [4.78, 5) is 16.8. The molecule has 0 radical (unpaired) electrons. The van der Waals surface area contributed by atoms with E-state index in [0.29, 0.717) is 22.2 Å². The molecule has 0 bridgehead atoms. The van der Waals surface area contributed by atoms with E-state index in [0.717, 1.165) is 20.8 Å². The molecule has 5 nitrogen and oxygen atoms in total. The van der Waals surface area contributed by atoms with E-state index in [1.165, 1.54) is 7.11 Å². The zero-order valence-corrected chi connectivity index (χ0v) is 17.1. The summed E-state index contributed by atoms with van der Waals surface area (Å²) in [6.45, 7) is -0.107. The van der Waals surface area contributed by atoms with Gasteiger partial charge in [-0.2, -0.15) is 0 Å². The van der Waals surface area contributed by atoms with Crippen molar-refractivity contribution in [2.24, 2.45) is 0 Å². The third-order valence-electron chi connectivity index (χ3n) is 4.20. The van der Waals surface area contributed by atoms with E-state index in [2.05, 4.69) is 16.4 Å². The van der Waals surface area contributed by atoms with Crippen molar-refractivity contribution < 1.29 is 14.3 Å². The predicted molar refractivity (Wildman–Crippen MR) is 117 cm³/mol. The maximum absolute atomic E-state index is 12.1. The van der Waals surface area contributed by atoms with Crippen LogP contribution in [-0.2, 0) is 4.79 Å². The van der Waals surface area contributed by atoms with Crippen molar-refractivity contribution in [2.75, 3.05) is 19.0 Å². The first kappa shape index (κ1) is 19.2. The second-order valence-corrected chi connectivity index (χ2v) is 7.64. The van der Waals surface area contributed by atoms with Crippen LogP contribution in [0.3, 0.4) is 0 Å². The number of methoxy groups -OCH3 is 1. The first-order valence-electron chi connectivity index (χ1n) is 8.84. The van der Waals surface area contributed by atoms with Crippen molar-refractivity contribution in [3.63, 3.8) is 0 Å². The molecule has 4 rings (SSSR count). The fourth-order valence-electron chi connectivity index (χ4n) is 2.78. The molecule has 0 aliphatic heterocycles. The lowest BCUT2D eigenvalue weighted by atomic mass is 10.2. The van der Waals surface area contributed by atoms with Crippen LogP contribution >= 0.6 is 22.9 Å². The Hall–Kier alpha value is -3.09. The molecule has 4 aromatic rings. The van der Waals surface area contributed by atoms with Crippen LogP contribution in [0.1, 0.15) is 0 Å². The molecule has 0 spiro atoms. The molecule has 29 heavy (non-hydrogen) atoms. The molecule has 146 valence electrons. The summed E-state index contributed by atoms with van der Waals surface area (Å²) in [7, 11) is 1.54. The fourth-order valence-corrected chi connectivity index (χ4v) is 4.01. The van der Waals surface area contributed by atoms with Gasteiger partial charge in [0.1, 0.15) is 16.5 Å². The molecule has 1 heterocycles. The monoisotopic (exact) mass is 424 g/mol. The largest absolute Gasteiger partial charge is 0.495 e. The van der Waals surface area contributed by atoms with Crippen LogP contribution in [0.4, 0.5) is 5.69 Å². The lowest BCUT2D eigenvalue weighted by Crippen LogP contribution is -2.20. The molecule has 7 heteroatoms. The van der Waals surface area contributed by atoms with E-state index >= 15 is 0 Å². The van der Waals surface area contributed by atoms with E-state index in [1.807, 2.05) is 42.5 Å². The average molecular weight is 425 g/mol. The van der Waals surface area contributed by atoms with Gasteiger partial charge in [0.05, 0.1) is 22.3 Å². The Bertz CT molecular complexity index is 1130. The Morgan fingerprint density at radius 3 is 2.62 bits per heavy atom. The molecule has 0 aliphatic rings. The number of hydrogen-bond acceptors (Lipinski definition) is 5. The molecule has 0 saturated carbocycles. The molecule has 0 atom stereocenters. The van der Waals surface area contributed by atoms with E-state index < -0.39 is 0 Å². The highest BCUT2D eigenvalue weighted by Crippen LogP contribution is 2.31. The smallest absolute Gasteiger partial charge is 0.262 e. The summed E-state index contributed by atoms with van der Waals surface area (Å²) >= 11 is 7.71. The Morgan fingerprint density at radius 2 is 1.90 bits per heavy atom. The van der Waals surface area contributed by atoms with Crippen LogP contribution < -0.4 is 14.8 Å². The van der Waals surface area contributed by atoms with Crippen molar-refractivity contribution in [3.8, 4) is 22.1 Å². The van der Waals surface area contributed by atoms with Gasteiger partial charge < -0.3 is 14.8 Å². The van der Waals surface area contributed by atoms with Gasteiger partial charge in [0.2, 0.25) is 0 Å². The van der Waals surface area contributed by atoms with Gasteiger partial charge in [0.15, 0.2) is 6.61 Å². The highest BCUT2D eigenvalue weighted by molar-refractivity contribution is 7.21. The Morgan fingerprint density at radius 1 is 1.10 bits per heavy atom. The van der Waals surface area contributed by atoms with Gasteiger partial charge in [-0.15, -0.1) is 11.3 Å². The minimum Gasteiger partial charge on any atom is -0.495 e. The van der Waals surface area contributed by atoms with Gasteiger partial charge in [-0.25, -0.2) is 4.98 Å². The number of fused-ring (bicyclic) bond motifs is 1. The summed E-state index contributed by atoms with van der Waals surface area (Å²) in [6, 6.07) is 20.6. The molecule has 3 aromatic carbocycles. The molecular weight excluding hydrogens is 408 g/mol. The number of hydrogen-bond donors (Lipinski definition) is 1. The summed E-state index contributed by atoms with van der Waals surface area (Å²) in [6.07, 6.45) is 0. The van der Waals surface area contributed by atoms with Crippen molar-refractivity contribution in [1.29, 1.82) is 0 Å². The first-order chi connectivity index (χ1) is 14.1. The van der Waals surface area contributed by atoms with Gasteiger partial charge >= 0.3 is 0 Å². The quantitative estimate of drug-likeness (QED) is 0.435. The molecular formula is C22H17ClN2O3S. The van der Waals surface area contributed by atoms with Crippen LogP contribution in [0.15, 0.2) is 66.7 Å². The summed E-state index contributed by atoms with van der Waals surface area (Å²) in [5, 5.41) is 4.12. The molecule has 1 aromatic heterocycles. The number of benzene rings is 3. The predicted octanol–water partition coefficient (Wildman–Crippen LogP) is 5.64. The van der Waals surface area contributed by atoms with Crippen LogP contribution in [0.25, 0.3) is 20.8 Å². The van der Waals surface area contributed by atoms with Crippen LogP contribution in [0.2, 0.25) is 5.02 Å². The molecule has 0 saturated heterocycles. The van der Waals surface area contributed by atoms with Crippen molar-refractivity contribution in [1.82, 2.24) is 4.98 Å². The second kappa shape index (κ2) is 8.51. The number of aromatic nitrogens is 1. The van der Waals surface area contributed by atoms with Crippen LogP contribution in [-0.4, -0.2) is 24.6 Å². The maximum atomic E-state index is 12.1. The molecule has 1 N–H and O–H groups in total. The second-order valence-electron chi connectivity index (χ2n) is 6.20. The van der Waals surface area contributed by atoms with Crippen LogP contribution in [0.5, 0.6) is 11.5 Å². The number of carbonyl (C=O) groups is 1. The number of carbonyl (C=O) groups excluding carboxylic acids is 1. The Kier molecular flexibility index (Phi) is 5.64. The summed E-state index contributed by atoms with van der Waals surface area (Å²) in [5.74, 6) is 0.883.